The first-order chi connectivity index (χ1) is 16.8. The number of benzene rings is 3. The molecule has 0 unspecified atom stereocenters. The monoisotopic (exact) mass is 498 g/mol. The Balaban J connectivity index is 1.57. The van der Waals surface area contributed by atoms with Gasteiger partial charge in [-0.25, -0.2) is 8.42 Å². The van der Waals surface area contributed by atoms with E-state index in [1.54, 1.807) is 36.4 Å². The predicted molar refractivity (Wildman–Crippen MR) is 128 cm³/mol. The highest BCUT2D eigenvalue weighted by Crippen LogP contribution is 2.34. The van der Waals surface area contributed by atoms with Crippen molar-refractivity contribution in [2.45, 2.75) is 29.1 Å². The summed E-state index contributed by atoms with van der Waals surface area (Å²) < 4.78 is 48.7. The molecule has 0 atom stereocenters. The smallest absolute Gasteiger partial charge is 0.307 e. The van der Waals surface area contributed by atoms with Gasteiger partial charge < -0.3 is 24.1 Å². The maximum Gasteiger partial charge on any atom is 0.307 e. The van der Waals surface area contributed by atoms with Gasteiger partial charge in [0.2, 0.25) is 9.84 Å². The zero-order valence-corrected chi connectivity index (χ0v) is 20.2. The summed E-state index contributed by atoms with van der Waals surface area (Å²) in [6.07, 6.45) is 1.86. The second kappa shape index (κ2) is 10.3. The third kappa shape index (κ3) is 6.05. The summed E-state index contributed by atoms with van der Waals surface area (Å²) in [5.74, 6) is 1.77. The van der Waals surface area contributed by atoms with Crippen molar-refractivity contribution >= 4 is 15.8 Å². The van der Waals surface area contributed by atoms with Crippen molar-refractivity contribution in [1.82, 2.24) is 0 Å². The number of carboxylic acids is 1. The molecule has 4 rings (SSSR count). The van der Waals surface area contributed by atoms with Crippen LogP contribution in [0.1, 0.15) is 18.4 Å². The summed E-state index contributed by atoms with van der Waals surface area (Å²) in [5.41, 5.74) is 0.359. The summed E-state index contributed by atoms with van der Waals surface area (Å²) in [7, 11) is -0.855. The van der Waals surface area contributed by atoms with Gasteiger partial charge in [-0.2, -0.15) is 0 Å². The highest BCUT2D eigenvalue weighted by Gasteiger charge is 2.24. The molecule has 35 heavy (non-hydrogen) atoms. The lowest BCUT2D eigenvalue weighted by Crippen LogP contribution is -2.07. The largest absolute Gasteiger partial charge is 0.493 e. The number of aliphatic carboxylic acids is 1. The zero-order chi connectivity index (χ0) is 25.0. The molecule has 3 aromatic rings. The zero-order valence-electron chi connectivity index (χ0n) is 19.4. The summed E-state index contributed by atoms with van der Waals surface area (Å²) in [5, 5.41) is 9.19. The van der Waals surface area contributed by atoms with Crippen LogP contribution in [0.25, 0.3) is 0 Å². The van der Waals surface area contributed by atoms with Crippen LogP contribution in [0.3, 0.4) is 0 Å². The van der Waals surface area contributed by atoms with Crippen molar-refractivity contribution < 1.29 is 37.3 Å². The number of carbonyl (C=O) groups is 1. The number of hydrogen-bond acceptors (Lipinski definition) is 7. The number of ether oxygens (including phenoxy) is 4. The van der Waals surface area contributed by atoms with E-state index in [2.05, 4.69) is 0 Å². The van der Waals surface area contributed by atoms with E-state index >= 15 is 0 Å². The van der Waals surface area contributed by atoms with E-state index in [0.717, 1.165) is 12.8 Å². The molecule has 0 aliphatic heterocycles. The normalized spacial score (nSPS) is 13.2. The van der Waals surface area contributed by atoms with E-state index in [9.17, 15) is 18.3 Å². The summed E-state index contributed by atoms with van der Waals surface area (Å²) in [4.78, 5) is 11.3. The Morgan fingerprint density at radius 2 is 1.54 bits per heavy atom. The fourth-order valence-electron chi connectivity index (χ4n) is 3.48. The summed E-state index contributed by atoms with van der Waals surface area (Å²) in [6, 6.07) is 15.5. The summed E-state index contributed by atoms with van der Waals surface area (Å²) >= 11 is 0. The Kier molecular flexibility index (Phi) is 7.16. The molecule has 0 spiro atoms. The van der Waals surface area contributed by atoms with Gasteiger partial charge in [-0.15, -0.1) is 0 Å². The first-order valence-electron chi connectivity index (χ1n) is 11.0. The van der Waals surface area contributed by atoms with Crippen molar-refractivity contribution in [3.8, 4) is 28.7 Å². The van der Waals surface area contributed by atoms with Crippen LogP contribution in [-0.4, -0.2) is 40.3 Å². The Bertz CT molecular complexity index is 1310. The molecule has 1 aliphatic rings. The molecule has 0 bridgehead atoms. The highest BCUT2D eigenvalue weighted by atomic mass is 32.2. The van der Waals surface area contributed by atoms with Crippen LogP contribution >= 0.6 is 0 Å². The quantitative estimate of drug-likeness (QED) is 0.404. The predicted octanol–water partition coefficient (Wildman–Crippen LogP) is 4.74. The van der Waals surface area contributed by atoms with Gasteiger partial charge in [0.15, 0.2) is 11.5 Å². The van der Waals surface area contributed by atoms with Crippen molar-refractivity contribution in [1.29, 1.82) is 0 Å². The van der Waals surface area contributed by atoms with Crippen LogP contribution in [0.2, 0.25) is 0 Å². The van der Waals surface area contributed by atoms with Crippen LogP contribution in [0.5, 0.6) is 28.7 Å². The second-order valence-corrected chi connectivity index (χ2v) is 10.2. The van der Waals surface area contributed by atoms with Gasteiger partial charge in [0, 0.05) is 6.07 Å². The molecule has 0 amide bonds. The number of hydrogen-bond donors (Lipinski definition) is 1. The fourth-order valence-corrected chi connectivity index (χ4v) is 4.83. The van der Waals surface area contributed by atoms with E-state index < -0.39 is 15.8 Å². The molecule has 8 nitrogen and oxygen atoms in total. The Morgan fingerprint density at radius 1 is 0.857 bits per heavy atom. The lowest BCUT2D eigenvalue weighted by molar-refractivity contribution is -0.136. The van der Waals surface area contributed by atoms with E-state index in [1.807, 2.05) is 0 Å². The molecule has 1 aliphatic carbocycles. The molecule has 0 saturated heterocycles. The topological polar surface area (TPSA) is 108 Å². The van der Waals surface area contributed by atoms with Gasteiger partial charge in [-0.1, -0.05) is 0 Å². The van der Waals surface area contributed by atoms with Crippen LogP contribution in [0.4, 0.5) is 0 Å². The third-order valence-electron chi connectivity index (χ3n) is 5.51. The van der Waals surface area contributed by atoms with Gasteiger partial charge in [-0.05, 0) is 78.9 Å². The van der Waals surface area contributed by atoms with Crippen LogP contribution in [-0.2, 0) is 21.1 Å². The molecule has 184 valence electrons. The van der Waals surface area contributed by atoms with Crippen LogP contribution in [0, 0.1) is 5.92 Å². The fraction of sp³-hybridized carbons (Fsp3) is 0.269. The maximum atomic E-state index is 13.3. The lowest BCUT2D eigenvalue weighted by Gasteiger charge is -2.12. The number of carboxylic acid groups (broad SMARTS) is 1. The Morgan fingerprint density at radius 3 is 2.17 bits per heavy atom. The molecule has 1 fully saturated rings. The average molecular weight is 499 g/mol. The molecular weight excluding hydrogens is 472 g/mol. The minimum atomic E-state index is -3.92. The van der Waals surface area contributed by atoms with Gasteiger partial charge >= 0.3 is 5.97 Å². The lowest BCUT2D eigenvalue weighted by atomic mass is 10.1. The third-order valence-corrected chi connectivity index (χ3v) is 7.26. The minimum absolute atomic E-state index is 0.0180. The van der Waals surface area contributed by atoms with Gasteiger partial charge in [-0.3, -0.25) is 4.79 Å². The molecule has 1 N–H and O–H groups in total. The minimum Gasteiger partial charge on any atom is -0.493 e. The van der Waals surface area contributed by atoms with Gasteiger partial charge in [0.05, 0.1) is 37.0 Å². The number of rotatable bonds is 11. The molecular formula is C26H26O8S. The van der Waals surface area contributed by atoms with Crippen LogP contribution < -0.4 is 18.9 Å². The Hall–Kier alpha value is -3.72. The first-order valence-corrected chi connectivity index (χ1v) is 12.5. The second-order valence-electron chi connectivity index (χ2n) is 8.23. The van der Waals surface area contributed by atoms with Crippen LogP contribution in [0.15, 0.2) is 70.5 Å². The SMILES string of the molecule is COc1ccc(Oc2ccc(S(=O)(=O)c3cc(CC(=O)O)cc(OCC4CC4)c3)cc2)cc1OC. The standard InChI is InChI=1S/C26H26O8S/c1-31-24-10-7-20(15-25(24)32-2)34-19-5-8-22(9-6-19)35(29,30)23-12-18(13-26(27)28)11-21(14-23)33-16-17-3-4-17/h5-12,14-15,17H,3-4,13,16H2,1-2H3,(H,27,28). The average Bonchev–Trinajstić information content (AvgIpc) is 3.67. The first kappa shape index (κ1) is 24.4. The maximum absolute atomic E-state index is 13.3. The van der Waals surface area contributed by atoms with Crippen molar-refractivity contribution in [3.05, 3.63) is 66.2 Å². The van der Waals surface area contributed by atoms with E-state index in [-0.39, 0.29) is 16.2 Å². The van der Waals surface area contributed by atoms with Crippen molar-refractivity contribution in [2.75, 3.05) is 20.8 Å². The molecule has 0 aromatic heterocycles. The van der Waals surface area contributed by atoms with Crippen molar-refractivity contribution in [3.63, 3.8) is 0 Å². The number of methoxy groups -OCH3 is 2. The molecule has 0 heterocycles. The molecule has 0 radical (unpaired) electrons. The van der Waals surface area contributed by atoms with E-state index in [0.29, 0.717) is 46.8 Å². The van der Waals surface area contributed by atoms with Gasteiger partial charge in [0.25, 0.3) is 0 Å². The number of sulfone groups is 1. The highest BCUT2D eigenvalue weighted by molar-refractivity contribution is 7.91. The summed E-state index contributed by atoms with van der Waals surface area (Å²) in [6.45, 7) is 0.484. The molecule has 9 heteroatoms. The van der Waals surface area contributed by atoms with Gasteiger partial charge in [0.1, 0.15) is 17.2 Å². The van der Waals surface area contributed by atoms with E-state index in [4.69, 9.17) is 18.9 Å². The Labute approximate surface area is 203 Å². The molecule has 3 aromatic carbocycles. The van der Waals surface area contributed by atoms with Crippen molar-refractivity contribution in [2.24, 2.45) is 5.92 Å². The molecule has 1 saturated carbocycles. The van der Waals surface area contributed by atoms with E-state index in [1.165, 1.54) is 38.5 Å².